The van der Waals surface area contributed by atoms with Crippen LogP contribution in [0.4, 0.5) is 0 Å². The van der Waals surface area contributed by atoms with Crippen LogP contribution in [0.5, 0.6) is 0 Å². The van der Waals surface area contributed by atoms with Crippen LogP contribution in [0.1, 0.15) is 11.6 Å². The van der Waals surface area contributed by atoms with Crippen molar-refractivity contribution < 1.29 is 19.8 Å². The molecule has 0 fully saturated rings. The van der Waals surface area contributed by atoms with Crippen LogP contribution in [0.3, 0.4) is 0 Å². The molecule has 7 nitrogen and oxygen atoms in total. The molecular weight excluding hydrogens is 274 g/mol. The molecule has 0 saturated heterocycles. The highest BCUT2D eigenvalue weighted by atomic mass is 16.3. The van der Waals surface area contributed by atoms with Crippen molar-refractivity contribution in [2.75, 3.05) is 32.8 Å². The molecule has 21 heavy (non-hydrogen) atoms. The summed E-state index contributed by atoms with van der Waals surface area (Å²) in [4.78, 5) is 25.0. The van der Waals surface area contributed by atoms with Gasteiger partial charge in [-0.05, 0) is 5.56 Å². The second kappa shape index (κ2) is 9.06. The van der Waals surface area contributed by atoms with Gasteiger partial charge in [0.2, 0.25) is 11.8 Å². The normalized spacial score (nSPS) is 12.1. The largest absolute Gasteiger partial charge is 0.395 e. The van der Waals surface area contributed by atoms with Crippen molar-refractivity contribution in [3.8, 4) is 0 Å². The minimum atomic E-state index is -0.899. The van der Waals surface area contributed by atoms with Crippen molar-refractivity contribution >= 4 is 11.8 Å². The second-order valence-corrected chi connectivity index (χ2v) is 4.54. The van der Waals surface area contributed by atoms with Crippen molar-refractivity contribution in [3.63, 3.8) is 0 Å². The number of primary amides is 1. The van der Waals surface area contributed by atoms with Gasteiger partial charge in [0.05, 0.1) is 19.8 Å². The molecule has 0 spiro atoms. The predicted octanol–water partition coefficient (Wildman–Crippen LogP) is -1.38. The lowest BCUT2D eigenvalue weighted by molar-refractivity contribution is -0.128. The molecule has 1 unspecified atom stereocenters. The van der Waals surface area contributed by atoms with Gasteiger partial charge < -0.3 is 21.3 Å². The Balaban J connectivity index is 2.67. The molecule has 0 saturated carbocycles. The van der Waals surface area contributed by atoms with Gasteiger partial charge in [-0.2, -0.15) is 0 Å². The monoisotopic (exact) mass is 295 g/mol. The summed E-state index contributed by atoms with van der Waals surface area (Å²) >= 11 is 0. The molecule has 1 aromatic rings. The van der Waals surface area contributed by atoms with Crippen LogP contribution >= 0.6 is 0 Å². The quantitative estimate of drug-likeness (QED) is 0.448. The number of hydrogen-bond donors (Lipinski definition) is 4. The minimum absolute atomic E-state index is 0.0300. The topological polar surface area (TPSA) is 116 Å². The van der Waals surface area contributed by atoms with Gasteiger partial charge in [0.15, 0.2) is 0 Å². The van der Waals surface area contributed by atoms with Crippen LogP contribution in [0, 0.1) is 0 Å². The summed E-state index contributed by atoms with van der Waals surface area (Å²) in [5.41, 5.74) is 5.92. The first kappa shape index (κ1) is 17.1. The Morgan fingerprint density at radius 2 is 1.71 bits per heavy atom. The minimum Gasteiger partial charge on any atom is -0.395 e. The van der Waals surface area contributed by atoms with E-state index in [1.807, 2.05) is 0 Å². The lowest BCUT2D eigenvalue weighted by Crippen LogP contribution is -2.44. The Morgan fingerprint density at radius 3 is 2.19 bits per heavy atom. The average molecular weight is 295 g/mol. The standard InChI is InChI=1S/C14H21N3O4/c15-14(21)13(11-4-2-1-3-5-11)16-12(20)10-17(6-8-18)7-9-19/h1-5,13,18-19H,6-10H2,(H2,15,21)(H,16,20). The SMILES string of the molecule is NC(=O)C(NC(=O)CN(CCO)CCO)c1ccccc1. The van der Waals surface area contributed by atoms with E-state index in [1.54, 1.807) is 35.2 Å². The van der Waals surface area contributed by atoms with Crippen LogP contribution in [-0.2, 0) is 9.59 Å². The fourth-order valence-electron chi connectivity index (χ4n) is 1.93. The van der Waals surface area contributed by atoms with Crippen molar-refractivity contribution in [1.82, 2.24) is 10.2 Å². The third kappa shape index (κ3) is 5.90. The summed E-state index contributed by atoms with van der Waals surface area (Å²) in [5, 5.41) is 20.4. The summed E-state index contributed by atoms with van der Waals surface area (Å²) in [7, 11) is 0. The zero-order chi connectivity index (χ0) is 15.7. The molecule has 1 aromatic carbocycles. The number of amides is 2. The Kier molecular flexibility index (Phi) is 7.38. The van der Waals surface area contributed by atoms with Crippen molar-refractivity contribution in [3.05, 3.63) is 35.9 Å². The molecule has 7 heteroatoms. The molecule has 2 amide bonds. The van der Waals surface area contributed by atoms with Crippen LogP contribution in [0.2, 0.25) is 0 Å². The van der Waals surface area contributed by atoms with Crippen molar-refractivity contribution in [2.24, 2.45) is 5.73 Å². The molecule has 1 atom stereocenters. The van der Waals surface area contributed by atoms with Gasteiger partial charge in [0.25, 0.3) is 0 Å². The third-order valence-corrected chi connectivity index (χ3v) is 2.92. The maximum atomic E-state index is 12.0. The zero-order valence-electron chi connectivity index (χ0n) is 11.7. The second-order valence-electron chi connectivity index (χ2n) is 4.54. The first-order valence-electron chi connectivity index (χ1n) is 6.66. The molecule has 5 N–H and O–H groups in total. The first-order chi connectivity index (χ1) is 10.1. The summed E-state index contributed by atoms with van der Waals surface area (Å²) in [5.74, 6) is -1.05. The highest BCUT2D eigenvalue weighted by molar-refractivity contribution is 5.88. The van der Waals surface area contributed by atoms with Gasteiger partial charge in [0.1, 0.15) is 6.04 Å². The number of carbonyl (C=O) groups excluding carboxylic acids is 2. The Bertz CT molecular complexity index is 447. The lowest BCUT2D eigenvalue weighted by Gasteiger charge is -2.21. The molecule has 0 aliphatic carbocycles. The van der Waals surface area contributed by atoms with Crippen LogP contribution < -0.4 is 11.1 Å². The van der Waals surface area contributed by atoms with Gasteiger partial charge in [-0.3, -0.25) is 14.5 Å². The van der Waals surface area contributed by atoms with Crippen LogP contribution in [0.25, 0.3) is 0 Å². The number of hydrogen-bond acceptors (Lipinski definition) is 5. The van der Waals surface area contributed by atoms with E-state index in [-0.39, 0.29) is 32.8 Å². The van der Waals surface area contributed by atoms with Crippen LogP contribution in [0.15, 0.2) is 30.3 Å². The van der Waals surface area contributed by atoms with Crippen molar-refractivity contribution in [1.29, 1.82) is 0 Å². The maximum Gasteiger partial charge on any atom is 0.244 e. The van der Waals surface area contributed by atoms with Gasteiger partial charge >= 0.3 is 0 Å². The Morgan fingerprint density at radius 1 is 1.14 bits per heavy atom. The number of nitrogens with zero attached hydrogens (tertiary/aromatic N) is 1. The van der Waals surface area contributed by atoms with Gasteiger partial charge in [-0.1, -0.05) is 30.3 Å². The maximum absolute atomic E-state index is 12.0. The molecule has 0 bridgehead atoms. The fraction of sp³-hybridized carbons (Fsp3) is 0.429. The van der Waals surface area contributed by atoms with Crippen molar-refractivity contribution in [2.45, 2.75) is 6.04 Å². The Hall–Kier alpha value is -1.96. The average Bonchev–Trinajstić information content (AvgIpc) is 2.46. The van der Waals surface area contributed by atoms with Gasteiger partial charge in [-0.25, -0.2) is 0 Å². The number of nitrogens with one attached hydrogen (secondary N) is 1. The fourth-order valence-corrected chi connectivity index (χ4v) is 1.93. The summed E-state index contributed by atoms with van der Waals surface area (Å²) in [6.07, 6.45) is 0. The van der Waals surface area contributed by atoms with E-state index in [4.69, 9.17) is 15.9 Å². The summed E-state index contributed by atoms with van der Waals surface area (Å²) < 4.78 is 0. The number of benzene rings is 1. The summed E-state index contributed by atoms with van der Waals surface area (Å²) in [6.45, 7) is 0.259. The summed E-state index contributed by atoms with van der Waals surface area (Å²) in [6, 6.07) is 7.81. The molecule has 0 heterocycles. The number of carbonyl (C=O) groups is 2. The van der Waals surface area contributed by atoms with E-state index >= 15 is 0 Å². The molecule has 0 aromatic heterocycles. The van der Waals surface area contributed by atoms with Gasteiger partial charge in [-0.15, -0.1) is 0 Å². The lowest BCUT2D eigenvalue weighted by atomic mass is 10.1. The highest BCUT2D eigenvalue weighted by Gasteiger charge is 2.21. The molecule has 1 rings (SSSR count). The number of rotatable bonds is 9. The van der Waals surface area contributed by atoms with Gasteiger partial charge in [0, 0.05) is 13.1 Å². The molecule has 0 aliphatic rings. The highest BCUT2D eigenvalue weighted by Crippen LogP contribution is 2.11. The third-order valence-electron chi connectivity index (χ3n) is 2.92. The number of aliphatic hydroxyl groups is 2. The number of nitrogens with two attached hydrogens (primary N) is 1. The van der Waals surface area contributed by atoms with E-state index in [9.17, 15) is 9.59 Å². The van der Waals surface area contributed by atoms with E-state index in [1.165, 1.54) is 0 Å². The zero-order valence-corrected chi connectivity index (χ0v) is 11.7. The molecule has 0 radical (unpaired) electrons. The van der Waals surface area contributed by atoms with E-state index in [0.717, 1.165) is 0 Å². The first-order valence-corrected chi connectivity index (χ1v) is 6.66. The molecule has 0 aliphatic heterocycles. The predicted molar refractivity (Wildman–Crippen MR) is 77.1 cm³/mol. The smallest absolute Gasteiger partial charge is 0.244 e. The molecule has 116 valence electrons. The molecular formula is C14H21N3O4. The van der Waals surface area contributed by atoms with E-state index in [2.05, 4.69) is 5.32 Å². The van der Waals surface area contributed by atoms with Crippen LogP contribution in [-0.4, -0.2) is 59.8 Å². The van der Waals surface area contributed by atoms with E-state index in [0.29, 0.717) is 5.56 Å². The van der Waals surface area contributed by atoms with E-state index < -0.39 is 17.9 Å². The number of aliphatic hydroxyl groups excluding tert-OH is 2. The Labute approximate surface area is 123 Å².